The van der Waals surface area contributed by atoms with Crippen molar-refractivity contribution in [1.29, 1.82) is 0 Å². The van der Waals surface area contributed by atoms with Crippen molar-refractivity contribution < 1.29 is 5.11 Å². The van der Waals surface area contributed by atoms with Gasteiger partial charge in [-0.25, -0.2) is 0 Å². The molecule has 0 aromatic heterocycles. The summed E-state index contributed by atoms with van der Waals surface area (Å²) in [7, 11) is 0. The fourth-order valence-corrected chi connectivity index (χ4v) is 3.64. The topological polar surface area (TPSA) is 23.5 Å². The highest BCUT2D eigenvalue weighted by molar-refractivity contribution is 4.85. The molecule has 2 fully saturated rings. The van der Waals surface area contributed by atoms with E-state index >= 15 is 0 Å². The highest BCUT2D eigenvalue weighted by atomic mass is 16.3. The summed E-state index contributed by atoms with van der Waals surface area (Å²) in [5.74, 6) is 2.34. The maximum absolute atomic E-state index is 10.3. The second kappa shape index (κ2) is 7.08. The van der Waals surface area contributed by atoms with Crippen molar-refractivity contribution in [1.82, 2.24) is 4.90 Å². The molecule has 0 aromatic carbocycles. The average Bonchev–Trinajstić information content (AvgIpc) is 3.16. The zero-order valence-electron chi connectivity index (χ0n) is 13.1. The molecule has 3 atom stereocenters. The summed E-state index contributed by atoms with van der Waals surface area (Å²) in [6.07, 6.45) is 8.98. The Morgan fingerprint density at radius 2 is 1.74 bits per heavy atom. The third-order valence-electron chi connectivity index (χ3n) is 5.14. The van der Waals surface area contributed by atoms with Gasteiger partial charge < -0.3 is 10.0 Å². The Kier molecular flexibility index (Phi) is 5.70. The standard InChI is InChI=1S/C17H33NO/c1-4-5-14-8-9-17(19)16(10-14)12-18(13(2)3)11-15-6-7-15/h13-17,19H,4-12H2,1-3H3. The maximum Gasteiger partial charge on any atom is 0.0580 e. The molecule has 3 unspecified atom stereocenters. The second-order valence-corrected chi connectivity index (χ2v) is 7.29. The minimum Gasteiger partial charge on any atom is -0.393 e. The number of hydrogen-bond donors (Lipinski definition) is 1. The molecule has 2 nitrogen and oxygen atoms in total. The van der Waals surface area contributed by atoms with E-state index in [1.807, 2.05) is 0 Å². The van der Waals surface area contributed by atoms with Gasteiger partial charge in [-0.15, -0.1) is 0 Å². The summed E-state index contributed by atoms with van der Waals surface area (Å²) in [6, 6.07) is 0.624. The number of aliphatic hydroxyl groups is 1. The van der Waals surface area contributed by atoms with Gasteiger partial charge in [0.2, 0.25) is 0 Å². The largest absolute Gasteiger partial charge is 0.393 e. The normalized spacial score (nSPS) is 32.2. The van der Waals surface area contributed by atoms with Crippen LogP contribution in [0, 0.1) is 17.8 Å². The van der Waals surface area contributed by atoms with Crippen LogP contribution < -0.4 is 0 Å². The molecule has 0 aliphatic heterocycles. The molecular formula is C17H33NO. The number of hydrogen-bond acceptors (Lipinski definition) is 2. The van der Waals surface area contributed by atoms with Crippen molar-refractivity contribution in [3.63, 3.8) is 0 Å². The summed E-state index contributed by atoms with van der Waals surface area (Å²) in [6.45, 7) is 9.28. The summed E-state index contributed by atoms with van der Waals surface area (Å²) in [5.41, 5.74) is 0. The van der Waals surface area contributed by atoms with Gasteiger partial charge in [0.25, 0.3) is 0 Å². The van der Waals surface area contributed by atoms with Gasteiger partial charge in [0.05, 0.1) is 6.10 Å². The van der Waals surface area contributed by atoms with E-state index in [-0.39, 0.29) is 6.10 Å². The van der Waals surface area contributed by atoms with Crippen molar-refractivity contribution >= 4 is 0 Å². The van der Waals surface area contributed by atoms with E-state index in [1.54, 1.807) is 0 Å². The van der Waals surface area contributed by atoms with Crippen LogP contribution in [0.3, 0.4) is 0 Å². The van der Waals surface area contributed by atoms with E-state index < -0.39 is 0 Å². The van der Waals surface area contributed by atoms with Crippen molar-refractivity contribution in [3.05, 3.63) is 0 Å². The van der Waals surface area contributed by atoms with Crippen LogP contribution in [0.5, 0.6) is 0 Å². The lowest BCUT2D eigenvalue weighted by Gasteiger charge is -2.38. The Hall–Kier alpha value is -0.0800. The first kappa shape index (κ1) is 15.3. The summed E-state index contributed by atoms with van der Waals surface area (Å²) >= 11 is 0. The van der Waals surface area contributed by atoms with Gasteiger partial charge in [0, 0.05) is 19.1 Å². The second-order valence-electron chi connectivity index (χ2n) is 7.29. The Morgan fingerprint density at radius 1 is 1.05 bits per heavy atom. The van der Waals surface area contributed by atoms with Gasteiger partial charge in [-0.2, -0.15) is 0 Å². The van der Waals surface area contributed by atoms with Crippen LogP contribution in [0.15, 0.2) is 0 Å². The monoisotopic (exact) mass is 267 g/mol. The summed E-state index contributed by atoms with van der Waals surface area (Å²) < 4.78 is 0. The molecule has 1 N–H and O–H groups in total. The van der Waals surface area contributed by atoms with Gasteiger partial charge in [-0.1, -0.05) is 19.8 Å². The maximum atomic E-state index is 10.3. The molecule has 0 amide bonds. The molecule has 0 heterocycles. The zero-order valence-corrected chi connectivity index (χ0v) is 13.1. The van der Waals surface area contributed by atoms with E-state index in [1.165, 1.54) is 45.1 Å². The van der Waals surface area contributed by atoms with Crippen molar-refractivity contribution in [3.8, 4) is 0 Å². The molecule has 0 radical (unpaired) electrons. The SMILES string of the molecule is CCCC1CCC(O)C(CN(CC2CC2)C(C)C)C1. The Labute approximate surface area is 119 Å². The van der Waals surface area contributed by atoms with Crippen LogP contribution in [0.2, 0.25) is 0 Å². The Balaban J connectivity index is 1.85. The molecule has 2 aliphatic carbocycles. The number of nitrogens with zero attached hydrogens (tertiary/aromatic N) is 1. The highest BCUT2D eigenvalue weighted by Gasteiger charge is 2.32. The molecule has 112 valence electrons. The van der Waals surface area contributed by atoms with E-state index in [0.29, 0.717) is 12.0 Å². The van der Waals surface area contributed by atoms with Crippen molar-refractivity contribution in [2.24, 2.45) is 17.8 Å². The fourth-order valence-electron chi connectivity index (χ4n) is 3.64. The first-order valence-corrected chi connectivity index (χ1v) is 8.52. The van der Waals surface area contributed by atoms with Crippen LogP contribution in [-0.2, 0) is 0 Å². The molecule has 2 rings (SSSR count). The molecule has 0 spiro atoms. The van der Waals surface area contributed by atoms with Crippen LogP contribution in [-0.4, -0.2) is 35.2 Å². The molecule has 0 saturated heterocycles. The van der Waals surface area contributed by atoms with Gasteiger partial charge in [-0.3, -0.25) is 0 Å². The third kappa shape index (κ3) is 4.75. The van der Waals surface area contributed by atoms with Crippen LogP contribution >= 0.6 is 0 Å². The zero-order chi connectivity index (χ0) is 13.8. The fraction of sp³-hybridized carbons (Fsp3) is 1.00. The first-order valence-electron chi connectivity index (χ1n) is 8.52. The Bertz CT molecular complexity index is 262. The van der Waals surface area contributed by atoms with Crippen LogP contribution in [0.4, 0.5) is 0 Å². The third-order valence-corrected chi connectivity index (χ3v) is 5.14. The number of rotatable bonds is 7. The molecular weight excluding hydrogens is 234 g/mol. The average molecular weight is 267 g/mol. The van der Waals surface area contributed by atoms with Gasteiger partial charge in [0.1, 0.15) is 0 Å². The Morgan fingerprint density at radius 3 is 2.32 bits per heavy atom. The van der Waals surface area contributed by atoms with Crippen LogP contribution in [0.1, 0.15) is 65.7 Å². The lowest BCUT2D eigenvalue weighted by molar-refractivity contribution is 0.0190. The predicted octanol–water partition coefficient (Wildman–Crippen LogP) is 3.68. The first-order chi connectivity index (χ1) is 9.10. The highest BCUT2D eigenvalue weighted by Crippen LogP contribution is 2.35. The van der Waals surface area contributed by atoms with Crippen LogP contribution in [0.25, 0.3) is 0 Å². The van der Waals surface area contributed by atoms with Gasteiger partial charge >= 0.3 is 0 Å². The van der Waals surface area contributed by atoms with Gasteiger partial charge in [0.15, 0.2) is 0 Å². The molecule has 2 aliphatic rings. The minimum atomic E-state index is -0.0476. The molecule has 19 heavy (non-hydrogen) atoms. The molecule has 2 heteroatoms. The predicted molar refractivity (Wildman–Crippen MR) is 81.2 cm³/mol. The van der Waals surface area contributed by atoms with E-state index in [4.69, 9.17) is 0 Å². The van der Waals surface area contributed by atoms with Crippen molar-refractivity contribution in [2.75, 3.05) is 13.1 Å². The van der Waals surface area contributed by atoms with Gasteiger partial charge in [-0.05, 0) is 63.7 Å². The van der Waals surface area contributed by atoms with E-state index in [0.717, 1.165) is 24.8 Å². The minimum absolute atomic E-state index is 0.0476. The molecule has 2 saturated carbocycles. The summed E-state index contributed by atoms with van der Waals surface area (Å²) in [4.78, 5) is 2.62. The van der Waals surface area contributed by atoms with E-state index in [9.17, 15) is 5.11 Å². The smallest absolute Gasteiger partial charge is 0.0580 e. The lowest BCUT2D eigenvalue weighted by atomic mass is 9.77. The number of aliphatic hydroxyl groups excluding tert-OH is 1. The van der Waals surface area contributed by atoms with Crippen molar-refractivity contribution in [2.45, 2.75) is 77.9 Å². The van der Waals surface area contributed by atoms with E-state index in [2.05, 4.69) is 25.7 Å². The lowest BCUT2D eigenvalue weighted by Crippen LogP contribution is -2.42. The summed E-state index contributed by atoms with van der Waals surface area (Å²) in [5, 5.41) is 10.3. The molecule has 0 bridgehead atoms. The molecule has 0 aromatic rings. The quantitative estimate of drug-likeness (QED) is 0.760.